The number of amides is 1. The maximum atomic E-state index is 12.6. The van der Waals surface area contributed by atoms with Crippen LogP contribution in [0.4, 0.5) is 13.2 Å². The Balaban J connectivity index is 2.34. The minimum atomic E-state index is -4.42. The Bertz CT molecular complexity index is 605. The molecule has 0 aliphatic carbocycles. The zero-order valence-electron chi connectivity index (χ0n) is 11.0. The molecule has 21 heavy (non-hydrogen) atoms. The van der Waals surface area contributed by atoms with Gasteiger partial charge in [-0.15, -0.1) is 6.58 Å². The second-order valence-electron chi connectivity index (χ2n) is 4.31. The van der Waals surface area contributed by atoms with Gasteiger partial charge in [0.1, 0.15) is 9.23 Å². The highest BCUT2D eigenvalue weighted by Crippen LogP contribution is 2.37. The minimum Gasteiger partial charge on any atom is -0.349 e. The van der Waals surface area contributed by atoms with E-state index in [1.807, 2.05) is 0 Å². The van der Waals surface area contributed by atoms with E-state index >= 15 is 0 Å². The number of allylic oxidation sites excluding steroid dienone is 3. The maximum absolute atomic E-state index is 12.6. The molecule has 2 rings (SSSR count). The predicted octanol–water partition coefficient (Wildman–Crippen LogP) is 3.19. The Labute approximate surface area is 129 Å². The first-order chi connectivity index (χ1) is 9.75. The van der Waals surface area contributed by atoms with Gasteiger partial charge in [-0.25, -0.2) is 0 Å². The lowest BCUT2D eigenvalue weighted by Crippen LogP contribution is -2.29. The Morgan fingerprint density at radius 2 is 2.10 bits per heavy atom. The number of thiocarbonyl (C=S) groups is 1. The molecule has 0 spiro atoms. The van der Waals surface area contributed by atoms with Gasteiger partial charge in [0, 0.05) is 19.8 Å². The molecule has 2 aliphatic heterocycles. The molecule has 0 atom stereocenters. The molecule has 0 aromatic rings. The van der Waals surface area contributed by atoms with E-state index in [2.05, 4.69) is 6.58 Å². The summed E-state index contributed by atoms with van der Waals surface area (Å²) in [5.41, 5.74) is -0.373. The number of alkyl halides is 3. The summed E-state index contributed by atoms with van der Waals surface area (Å²) in [4.78, 5) is 15.2. The van der Waals surface area contributed by atoms with Crippen LogP contribution < -0.4 is 0 Å². The van der Waals surface area contributed by atoms with E-state index in [0.717, 1.165) is 24.0 Å². The molecule has 0 aromatic carbocycles. The molecule has 112 valence electrons. The smallest absolute Gasteiger partial charge is 0.349 e. The van der Waals surface area contributed by atoms with Gasteiger partial charge in [-0.3, -0.25) is 9.69 Å². The summed E-state index contributed by atoms with van der Waals surface area (Å²) in [7, 11) is 1.46. The van der Waals surface area contributed by atoms with Gasteiger partial charge >= 0.3 is 6.18 Å². The topological polar surface area (TPSA) is 23.6 Å². The van der Waals surface area contributed by atoms with E-state index in [9.17, 15) is 18.0 Å². The number of rotatable bonds is 2. The van der Waals surface area contributed by atoms with Crippen molar-refractivity contribution in [3.63, 3.8) is 0 Å². The van der Waals surface area contributed by atoms with Crippen molar-refractivity contribution in [3.05, 3.63) is 47.2 Å². The van der Waals surface area contributed by atoms with Gasteiger partial charge in [0.2, 0.25) is 0 Å². The summed E-state index contributed by atoms with van der Waals surface area (Å²) in [6.07, 6.45) is 0.312. The molecular formula is C13H11F3N2OS2. The summed E-state index contributed by atoms with van der Waals surface area (Å²) in [5, 5.41) is 0. The van der Waals surface area contributed by atoms with Gasteiger partial charge in [-0.2, -0.15) is 13.2 Å². The third-order valence-electron chi connectivity index (χ3n) is 2.85. The summed E-state index contributed by atoms with van der Waals surface area (Å²) in [6, 6.07) is 0. The van der Waals surface area contributed by atoms with Gasteiger partial charge in [-0.05, 0) is 12.2 Å². The average Bonchev–Trinajstić information content (AvgIpc) is 2.66. The standard InChI is InChI=1S/C13H11F3N2OS2/c1-3-6-18-11(19)10(21-12(18)20)9-5-4-8(7-17(9)2)13(14,15)16/h3-5,7H,1,6H2,2H3. The number of hydrogen-bond donors (Lipinski definition) is 0. The van der Waals surface area contributed by atoms with Gasteiger partial charge in [-0.1, -0.05) is 30.1 Å². The zero-order chi connectivity index (χ0) is 15.8. The first kappa shape index (κ1) is 15.8. The van der Waals surface area contributed by atoms with Crippen LogP contribution >= 0.6 is 24.0 Å². The predicted molar refractivity (Wildman–Crippen MR) is 80.2 cm³/mol. The largest absolute Gasteiger partial charge is 0.417 e. The third-order valence-corrected chi connectivity index (χ3v) is 4.31. The van der Waals surface area contributed by atoms with Gasteiger partial charge in [0.15, 0.2) is 0 Å². The molecule has 2 aliphatic rings. The SMILES string of the molecule is C=CCN1C(=O)C(=C2C=CC(C(F)(F)F)=CN2C)SC1=S. The van der Waals surface area contributed by atoms with E-state index in [0.29, 0.717) is 14.9 Å². The highest BCUT2D eigenvalue weighted by molar-refractivity contribution is 8.26. The molecule has 0 N–H and O–H groups in total. The molecule has 0 aromatic heterocycles. The van der Waals surface area contributed by atoms with Crippen molar-refractivity contribution in [2.75, 3.05) is 13.6 Å². The molecule has 0 bridgehead atoms. The van der Waals surface area contributed by atoms with Crippen LogP contribution in [0.15, 0.2) is 47.2 Å². The fourth-order valence-corrected chi connectivity index (χ4v) is 3.21. The molecular weight excluding hydrogens is 321 g/mol. The molecule has 0 radical (unpaired) electrons. The second kappa shape index (κ2) is 5.69. The zero-order valence-corrected chi connectivity index (χ0v) is 12.6. The Kier molecular flexibility index (Phi) is 4.29. The van der Waals surface area contributed by atoms with Crippen LogP contribution in [0.1, 0.15) is 0 Å². The molecule has 1 fully saturated rings. The van der Waals surface area contributed by atoms with Crippen molar-refractivity contribution >= 4 is 34.2 Å². The van der Waals surface area contributed by atoms with Crippen LogP contribution in [0, 0.1) is 0 Å². The van der Waals surface area contributed by atoms with E-state index in [4.69, 9.17) is 12.2 Å². The number of thioether (sulfide) groups is 1. The number of hydrogen-bond acceptors (Lipinski definition) is 4. The number of likely N-dealkylation sites (N-methyl/N-ethyl adjacent to an activating group) is 1. The van der Waals surface area contributed by atoms with Crippen molar-refractivity contribution in [3.8, 4) is 0 Å². The fourth-order valence-electron chi connectivity index (χ4n) is 1.85. The van der Waals surface area contributed by atoms with Crippen molar-refractivity contribution in [2.24, 2.45) is 0 Å². The number of carbonyl (C=O) groups excluding carboxylic acids is 1. The van der Waals surface area contributed by atoms with Crippen molar-refractivity contribution < 1.29 is 18.0 Å². The third kappa shape index (κ3) is 3.06. The lowest BCUT2D eigenvalue weighted by atomic mass is 10.1. The van der Waals surface area contributed by atoms with Crippen LogP contribution in [0.5, 0.6) is 0 Å². The number of halogens is 3. The first-order valence-corrected chi connectivity index (χ1v) is 7.07. The Morgan fingerprint density at radius 1 is 1.43 bits per heavy atom. The van der Waals surface area contributed by atoms with E-state index in [1.54, 1.807) is 6.08 Å². The van der Waals surface area contributed by atoms with Crippen molar-refractivity contribution in [2.45, 2.75) is 6.18 Å². The van der Waals surface area contributed by atoms with E-state index in [-0.39, 0.29) is 12.5 Å². The van der Waals surface area contributed by atoms with Crippen molar-refractivity contribution in [1.82, 2.24) is 9.80 Å². The lowest BCUT2D eigenvalue weighted by molar-refractivity contribution is -0.121. The Morgan fingerprint density at radius 3 is 2.62 bits per heavy atom. The fraction of sp³-hybridized carbons (Fsp3) is 0.231. The number of nitrogens with zero attached hydrogens (tertiary/aromatic N) is 2. The van der Waals surface area contributed by atoms with Crippen LogP contribution in [0.2, 0.25) is 0 Å². The summed E-state index contributed by atoms with van der Waals surface area (Å²) in [6.45, 7) is 3.82. The van der Waals surface area contributed by atoms with Gasteiger partial charge in [0.05, 0.1) is 11.3 Å². The molecule has 0 unspecified atom stereocenters. The average molecular weight is 332 g/mol. The Hall–Kier alpha value is -1.54. The summed E-state index contributed by atoms with van der Waals surface area (Å²) in [5.74, 6) is -0.319. The normalized spacial score (nSPS) is 23.0. The van der Waals surface area contributed by atoms with E-state index in [1.165, 1.54) is 22.9 Å². The molecule has 1 saturated heterocycles. The highest BCUT2D eigenvalue weighted by atomic mass is 32.2. The molecule has 1 amide bonds. The van der Waals surface area contributed by atoms with Crippen LogP contribution in [-0.4, -0.2) is 39.8 Å². The van der Waals surface area contributed by atoms with Crippen LogP contribution in [0.25, 0.3) is 0 Å². The highest BCUT2D eigenvalue weighted by Gasteiger charge is 2.37. The van der Waals surface area contributed by atoms with Crippen molar-refractivity contribution in [1.29, 1.82) is 0 Å². The quantitative estimate of drug-likeness (QED) is 0.440. The molecule has 8 heteroatoms. The molecule has 2 heterocycles. The van der Waals surface area contributed by atoms with Gasteiger partial charge in [0.25, 0.3) is 5.91 Å². The van der Waals surface area contributed by atoms with Crippen LogP contribution in [-0.2, 0) is 4.79 Å². The van der Waals surface area contributed by atoms with Crippen LogP contribution in [0.3, 0.4) is 0 Å². The number of carbonyl (C=O) groups is 1. The molecule has 0 saturated carbocycles. The first-order valence-electron chi connectivity index (χ1n) is 5.84. The maximum Gasteiger partial charge on any atom is 0.417 e. The van der Waals surface area contributed by atoms with Gasteiger partial charge < -0.3 is 4.90 Å². The lowest BCUT2D eigenvalue weighted by Gasteiger charge is -2.23. The summed E-state index contributed by atoms with van der Waals surface area (Å²) >= 11 is 6.18. The summed E-state index contributed by atoms with van der Waals surface area (Å²) < 4.78 is 38.3. The monoisotopic (exact) mass is 332 g/mol. The molecule has 3 nitrogen and oxygen atoms in total. The minimum absolute atomic E-state index is 0.276. The van der Waals surface area contributed by atoms with E-state index < -0.39 is 11.7 Å². The second-order valence-corrected chi connectivity index (χ2v) is 5.96.